The van der Waals surface area contributed by atoms with E-state index in [9.17, 15) is 14.3 Å². The largest absolute Gasteiger partial charge is 0.491 e. The first-order chi connectivity index (χ1) is 15.0. The van der Waals surface area contributed by atoms with Gasteiger partial charge in [0.05, 0.1) is 6.10 Å². The number of carbonyl (C=O) groups excluding carboxylic acids is 1. The monoisotopic (exact) mass is 446 g/mol. The Balaban J connectivity index is 1.44. The number of ether oxygens (including phenoxy) is 2. The van der Waals surface area contributed by atoms with Crippen LogP contribution in [-0.4, -0.2) is 39.6 Å². The van der Waals surface area contributed by atoms with E-state index in [0.717, 1.165) is 0 Å². The molecule has 2 atom stereocenters. The maximum absolute atomic E-state index is 13.7. The number of aliphatic hydroxyl groups excluding tert-OH is 1. The Kier molecular flexibility index (Phi) is 8.02. The van der Waals surface area contributed by atoms with E-state index in [-0.39, 0.29) is 35.0 Å². The van der Waals surface area contributed by atoms with Gasteiger partial charge < -0.3 is 19.0 Å². The fourth-order valence-electron chi connectivity index (χ4n) is 2.57. The highest BCUT2D eigenvalue weighted by molar-refractivity contribution is 7.99. The standard InChI is InChI=1S/C22H23FN2O5S/c1-3-19(27)15-8-10-17(11-9-15)28-12-16(26)13-31-22-25-24-21(30-22)14(2)29-20-7-5-4-6-18(20)23/h4-11,14,16,26H,3,12-13H2,1-2H3. The molecular formula is C22H23FN2O5S. The molecule has 0 aliphatic rings. The normalized spacial score (nSPS) is 12.9. The molecule has 3 aromatic rings. The van der Waals surface area contributed by atoms with E-state index >= 15 is 0 Å². The quantitative estimate of drug-likeness (QED) is 0.340. The van der Waals surface area contributed by atoms with Crippen molar-refractivity contribution in [3.63, 3.8) is 0 Å². The zero-order valence-corrected chi connectivity index (χ0v) is 18.0. The van der Waals surface area contributed by atoms with Gasteiger partial charge in [-0.3, -0.25) is 4.79 Å². The molecule has 0 aliphatic heterocycles. The molecule has 31 heavy (non-hydrogen) atoms. The lowest BCUT2D eigenvalue weighted by molar-refractivity contribution is 0.0987. The lowest BCUT2D eigenvalue weighted by atomic mass is 10.1. The second-order valence-electron chi connectivity index (χ2n) is 6.67. The molecule has 0 radical (unpaired) electrons. The summed E-state index contributed by atoms with van der Waals surface area (Å²) in [5.41, 5.74) is 0.631. The average molecular weight is 447 g/mol. The van der Waals surface area contributed by atoms with Gasteiger partial charge in [-0.15, -0.1) is 10.2 Å². The number of aromatic nitrogens is 2. The van der Waals surface area contributed by atoms with Crippen molar-refractivity contribution < 1.29 is 28.2 Å². The van der Waals surface area contributed by atoms with Crippen LogP contribution >= 0.6 is 11.8 Å². The van der Waals surface area contributed by atoms with Crippen molar-refractivity contribution >= 4 is 17.5 Å². The van der Waals surface area contributed by atoms with Crippen molar-refractivity contribution in [2.45, 2.75) is 37.7 Å². The summed E-state index contributed by atoms with van der Waals surface area (Å²) in [4.78, 5) is 11.6. The van der Waals surface area contributed by atoms with Gasteiger partial charge in [0.2, 0.25) is 0 Å². The second-order valence-corrected chi connectivity index (χ2v) is 7.64. The number of hydrogen-bond acceptors (Lipinski definition) is 8. The summed E-state index contributed by atoms with van der Waals surface area (Å²) in [7, 11) is 0. The Morgan fingerprint density at radius 1 is 1.19 bits per heavy atom. The maximum Gasteiger partial charge on any atom is 0.276 e. The van der Waals surface area contributed by atoms with Gasteiger partial charge in [-0.25, -0.2) is 4.39 Å². The molecule has 0 saturated heterocycles. The Labute approximate surface area is 183 Å². The van der Waals surface area contributed by atoms with E-state index in [1.807, 2.05) is 6.92 Å². The lowest BCUT2D eigenvalue weighted by Crippen LogP contribution is -2.20. The molecule has 0 amide bonds. The summed E-state index contributed by atoms with van der Waals surface area (Å²) in [6, 6.07) is 12.9. The molecule has 0 spiro atoms. The van der Waals surface area contributed by atoms with Crippen molar-refractivity contribution in [1.29, 1.82) is 0 Å². The first-order valence-electron chi connectivity index (χ1n) is 9.77. The molecule has 0 bridgehead atoms. The van der Waals surface area contributed by atoms with Crippen molar-refractivity contribution in [2.75, 3.05) is 12.4 Å². The molecule has 7 nitrogen and oxygen atoms in total. The van der Waals surface area contributed by atoms with Gasteiger partial charge in [0.25, 0.3) is 11.1 Å². The van der Waals surface area contributed by atoms with E-state index in [1.165, 1.54) is 23.9 Å². The summed E-state index contributed by atoms with van der Waals surface area (Å²) in [5.74, 6) is 0.737. The molecule has 0 saturated carbocycles. The van der Waals surface area contributed by atoms with Crippen LogP contribution in [-0.2, 0) is 0 Å². The summed E-state index contributed by atoms with van der Waals surface area (Å²) in [5, 5.41) is 18.2. The number of hydrogen-bond donors (Lipinski definition) is 1. The van der Waals surface area contributed by atoms with Crippen LogP contribution in [0, 0.1) is 5.82 Å². The smallest absolute Gasteiger partial charge is 0.276 e. The van der Waals surface area contributed by atoms with Gasteiger partial charge in [0, 0.05) is 17.7 Å². The first-order valence-corrected chi connectivity index (χ1v) is 10.8. The number of benzene rings is 2. The molecule has 0 aliphatic carbocycles. The summed E-state index contributed by atoms with van der Waals surface area (Å²) >= 11 is 1.18. The number of carbonyl (C=O) groups is 1. The number of halogens is 1. The lowest BCUT2D eigenvalue weighted by Gasteiger charge is -2.12. The first kappa shape index (κ1) is 22.8. The highest BCUT2D eigenvalue weighted by Crippen LogP contribution is 2.26. The summed E-state index contributed by atoms with van der Waals surface area (Å²) < 4.78 is 30.3. The second kappa shape index (κ2) is 10.9. The van der Waals surface area contributed by atoms with E-state index in [2.05, 4.69) is 10.2 Å². The molecule has 1 heterocycles. The van der Waals surface area contributed by atoms with E-state index in [1.54, 1.807) is 43.3 Å². The molecule has 1 N–H and O–H groups in total. The van der Waals surface area contributed by atoms with Crippen molar-refractivity contribution in [3.8, 4) is 11.5 Å². The van der Waals surface area contributed by atoms with Gasteiger partial charge in [0.1, 0.15) is 12.4 Å². The molecule has 2 unspecified atom stereocenters. The third kappa shape index (κ3) is 6.53. The number of ketones is 1. The minimum absolute atomic E-state index is 0.0653. The van der Waals surface area contributed by atoms with Crippen LogP contribution in [0.3, 0.4) is 0 Å². The number of para-hydroxylation sites is 1. The van der Waals surface area contributed by atoms with Crippen LogP contribution in [0.4, 0.5) is 4.39 Å². The third-order valence-corrected chi connectivity index (χ3v) is 5.21. The van der Waals surface area contributed by atoms with Crippen molar-refractivity contribution in [2.24, 2.45) is 0 Å². The SMILES string of the molecule is CCC(=O)c1ccc(OCC(O)CSc2nnc(C(C)Oc3ccccc3F)o2)cc1. The molecule has 1 aromatic heterocycles. The predicted molar refractivity (Wildman–Crippen MR) is 113 cm³/mol. The summed E-state index contributed by atoms with van der Waals surface area (Å²) in [6.45, 7) is 3.56. The van der Waals surface area contributed by atoms with Gasteiger partial charge in [-0.1, -0.05) is 30.8 Å². The molecule has 9 heteroatoms. The third-order valence-electron chi connectivity index (χ3n) is 4.25. The van der Waals surface area contributed by atoms with E-state index in [4.69, 9.17) is 13.9 Å². The molecule has 2 aromatic carbocycles. The zero-order valence-electron chi connectivity index (χ0n) is 17.2. The number of aliphatic hydroxyl groups is 1. The highest BCUT2D eigenvalue weighted by Gasteiger charge is 2.18. The van der Waals surface area contributed by atoms with Crippen LogP contribution in [0.2, 0.25) is 0 Å². The summed E-state index contributed by atoms with van der Waals surface area (Å²) in [6.07, 6.45) is -0.958. The fraction of sp³-hybridized carbons (Fsp3) is 0.318. The van der Waals surface area contributed by atoms with Crippen LogP contribution in [0.25, 0.3) is 0 Å². The Morgan fingerprint density at radius 3 is 2.65 bits per heavy atom. The van der Waals surface area contributed by atoms with Gasteiger partial charge in [0.15, 0.2) is 23.5 Å². The highest BCUT2D eigenvalue weighted by atomic mass is 32.2. The number of thioether (sulfide) groups is 1. The minimum Gasteiger partial charge on any atom is -0.491 e. The van der Waals surface area contributed by atoms with Crippen molar-refractivity contribution in [3.05, 3.63) is 65.8 Å². The molecule has 0 fully saturated rings. The van der Waals surface area contributed by atoms with Crippen LogP contribution in [0.15, 0.2) is 58.2 Å². The number of rotatable bonds is 11. The van der Waals surface area contributed by atoms with Crippen LogP contribution < -0.4 is 9.47 Å². The van der Waals surface area contributed by atoms with Gasteiger partial charge in [-0.2, -0.15) is 0 Å². The maximum atomic E-state index is 13.7. The van der Waals surface area contributed by atoms with Gasteiger partial charge >= 0.3 is 0 Å². The van der Waals surface area contributed by atoms with Crippen LogP contribution in [0.5, 0.6) is 11.5 Å². The Morgan fingerprint density at radius 2 is 1.94 bits per heavy atom. The Hall–Kier alpha value is -2.91. The van der Waals surface area contributed by atoms with Crippen molar-refractivity contribution in [1.82, 2.24) is 10.2 Å². The fourth-order valence-corrected chi connectivity index (χ4v) is 3.25. The van der Waals surface area contributed by atoms with E-state index < -0.39 is 18.0 Å². The molecule has 164 valence electrons. The average Bonchev–Trinajstić information content (AvgIpc) is 3.27. The number of nitrogens with zero attached hydrogens (tertiary/aromatic N) is 2. The van der Waals surface area contributed by atoms with Crippen LogP contribution in [0.1, 0.15) is 42.6 Å². The minimum atomic E-state index is -0.774. The molecule has 3 rings (SSSR count). The predicted octanol–water partition coefficient (Wildman–Crippen LogP) is 4.47. The Bertz CT molecular complexity index is 996. The van der Waals surface area contributed by atoms with Gasteiger partial charge in [-0.05, 0) is 43.3 Å². The zero-order chi connectivity index (χ0) is 22.2. The van der Waals surface area contributed by atoms with E-state index in [0.29, 0.717) is 17.7 Å². The topological polar surface area (TPSA) is 94.7 Å². The molecular weight excluding hydrogens is 423 g/mol. The number of Topliss-reactive ketones (excluding diaryl/α,β-unsaturated/α-hetero) is 1.